The van der Waals surface area contributed by atoms with Crippen LogP contribution in [0.2, 0.25) is 0 Å². The van der Waals surface area contributed by atoms with E-state index < -0.39 is 0 Å². The molecule has 0 spiro atoms. The van der Waals surface area contributed by atoms with Gasteiger partial charge >= 0.3 is 0 Å². The third-order valence-electron chi connectivity index (χ3n) is 5.03. The zero-order valence-corrected chi connectivity index (χ0v) is 14.4. The number of piperidine rings is 1. The molecular weight excluding hydrogens is 306 g/mol. The van der Waals surface area contributed by atoms with Crippen LogP contribution in [0, 0.1) is 0 Å². The van der Waals surface area contributed by atoms with Crippen LogP contribution in [0.25, 0.3) is 0 Å². The normalized spacial score (nSPS) is 22.2. The van der Waals surface area contributed by atoms with Gasteiger partial charge in [0.2, 0.25) is 0 Å². The highest BCUT2D eigenvalue weighted by molar-refractivity contribution is 5.08. The van der Waals surface area contributed by atoms with Crippen LogP contribution in [0.4, 0.5) is 0 Å². The van der Waals surface area contributed by atoms with Gasteiger partial charge in [0.05, 0.1) is 12.6 Å². The maximum Gasteiger partial charge on any atom is 0.167 e. The van der Waals surface area contributed by atoms with Crippen molar-refractivity contribution in [1.29, 1.82) is 0 Å². The number of nitrogens with one attached hydrogen (secondary N) is 1. The number of H-pyrrole nitrogens is 1. The zero-order valence-electron chi connectivity index (χ0n) is 14.4. The molecule has 2 aromatic rings. The van der Waals surface area contributed by atoms with Gasteiger partial charge in [0.25, 0.3) is 0 Å². The van der Waals surface area contributed by atoms with Gasteiger partial charge in [-0.25, -0.2) is 4.98 Å². The minimum absolute atomic E-state index is 0.238. The first-order chi connectivity index (χ1) is 11.8. The second-order valence-corrected chi connectivity index (χ2v) is 6.86. The van der Waals surface area contributed by atoms with E-state index in [4.69, 9.17) is 4.74 Å². The van der Waals surface area contributed by atoms with Crippen LogP contribution in [-0.4, -0.2) is 48.5 Å². The van der Waals surface area contributed by atoms with E-state index >= 15 is 0 Å². The Kier molecular flexibility index (Phi) is 4.32. The van der Waals surface area contributed by atoms with Crippen molar-refractivity contribution in [2.24, 2.45) is 7.05 Å². The summed E-state index contributed by atoms with van der Waals surface area (Å²) >= 11 is 0. The highest BCUT2D eigenvalue weighted by atomic mass is 16.5. The molecule has 8 nitrogen and oxygen atoms in total. The molecule has 1 saturated carbocycles. The molecule has 0 amide bonds. The number of likely N-dealkylation sites (tertiary alicyclic amines) is 1. The quantitative estimate of drug-likeness (QED) is 0.867. The Morgan fingerprint density at radius 1 is 1.21 bits per heavy atom. The molecule has 0 bridgehead atoms. The molecule has 1 aliphatic heterocycles. The zero-order chi connectivity index (χ0) is 16.5. The van der Waals surface area contributed by atoms with Crippen molar-refractivity contribution in [2.75, 3.05) is 13.7 Å². The van der Waals surface area contributed by atoms with Crippen molar-refractivity contribution in [2.45, 2.75) is 57.2 Å². The van der Waals surface area contributed by atoms with E-state index in [1.54, 1.807) is 7.11 Å². The lowest BCUT2D eigenvalue weighted by Gasteiger charge is -2.33. The van der Waals surface area contributed by atoms with Gasteiger partial charge in [0.15, 0.2) is 11.6 Å². The lowest BCUT2D eigenvalue weighted by molar-refractivity contribution is 0.129. The maximum atomic E-state index is 5.13. The van der Waals surface area contributed by atoms with Gasteiger partial charge in [0.1, 0.15) is 18.3 Å². The average molecular weight is 331 g/mol. The molecule has 1 saturated heterocycles. The Morgan fingerprint density at radius 3 is 2.88 bits per heavy atom. The average Bonchev–Trinajstić information content (AvgIpc) is 3.22. The van der Waals surface area contributed by atoms with Crippen molar-refractivity contribution in [3.8, 4) is 0 Å². The Bertz CT molecular complexity index is 690. The fourth-order valence-electron chi connectivity index (χ4n) is 3.52. The molecule has 1 aliphatic carbocycles. The molecule has 24 heavy (non-hydrogen) atoms. The Balaban J connectivity index is 1.51. The first-order valence-corrected chi connectivity index (χ1v) is 8.78. The van der Waals surface area contributed by atoms with Crippen LogP contribution in [-0.2, 0) is 24.9 Å². The van der Waals surface area contributed by atoms with E-state index in [1.165, 1.54) is 25.7 Å². The number of ether oxygens (including phenoxy) is 1. The molecular formula is C16H25N7O. The fraction of sp³-hybridized carbons (Fsp3) is 0.750. The van der Waals surface area contributed by atoms with Crippen LogP contribution >= 0.6 is 0 Å². The van der Waals surface area contributed by atoms with Crippen molar-refractivity contribution < 1.29 is 4.74 Å². The van der Waals surface area contributed by atoms with E-state index in [1.807, 2.05) is 0 Å². The summed E-state index contributed by atoms with van der Waals surface area (Å²) in [7, 11) is 3.76. The molecule has 2 fully saturated rings. The number of aromatic amines is 1. The van der Waals surface area contributed by atoms with E-state index in [-0.39, 0.29) is 6.04 Å². The molecule has 8 heteroatoms. The molecule has 1 N–H and O–H groups in total. The molecule has 1 atom stereocenters. The van der Waals surface area contributed by atoms with Gasteiger partial charge in [0, 0.05) is 20.1 Å². The van der Waals surface area contributed by atoms with Crippen LogP contribution in [0.1, 0.15) is 67.4 Å². The molecule has 2 aliphatic rings. The molecule has 4 rings (SSSR count). The Hall–Kier alpha value is -1.80. The number of methoxy groups -OCH3 is 1. The molecule has 0 unspecified atom stereocenters. The molecule has 2 aromatic heterocycles. The Labute approximate surface area is 141 Å². The van der Waals surface area contributed by atoms with Crippen LogP contribution < -0.4 is 0 Å². The summed E-state index contributed by atoms with van der Waals surface area (Å²) in [5.41, 5.74) is 0. The highest BCUT2D eigenvalue weighted by Gasteiger charge is 2.31. The molecule has 130 valence electrons. The largest absolute Gasteiger partial charge is 0.377 e. The minimum atomic E-state index is 0.238. The van der Waals surface area contributed by atoms with Gasteiger partial charge in [-0.05, 0) is 32.2 Å². The molecule has 0 aromatic carbocycles. The topological polar surface area (TPSA) is 84.8 Å². The lowest BCUT2D eigenvalue weighted by Crippen LogP contribution is -2.34. The first kappa shape index (κ1) is 15.7. The maximum absolute atomic E-state index is 5.13. The van der Waals surface area contributed by atoms with Gasteiger partial charge in [-0.15, -0.1) is 10.2 Å². The third-order valence-corrected chi connectivity index (χ3v) is 5.03. The van der Waals surface area contributed by atoms with Crippen molar-refractivity contribution in [3.05, 3.63) is 23.3 Å². The fourth-order valence-corrected chi connectivity index (χ4v) is 3.52. The minimum Gasteiger partial charge on any atom is -0.377 e. The summed E-state index contributed by atoms with van der Waals surface area (Å²) in [5.74, 6) is 4.45. The van der Waals surface area contributed by atoms with Crippen molar-refractivity contribution in [1.82, 2.24) is 34.8 Å². The predicted octanol–water partition coefficient (Wildman–Crippen LogP) is 1.68. The molecule has 3 heterocycles. The number of hydrogen-bond donors (Lipinski definition) is 1. The SMILES string of the molecule is COCc1nc([C@H]2CCCCN2Cc2nnc(C3CC3)n2C)n[nH]1. The van der Waals surface area contributed by atoms with Crippen molar-refractivity contribution >= 4 is 0 Å². The van der Waals surface area contributed by atoms with E-state index in [2.05, 4.69) is 41.9 Å². The van der Waals surface area contributed by atoms with E-state index in [0.717, 1.165) is 42.8 Å². The number of aromatic nitrogens is 6. The standard InChI is InChI=1S/C16H25N7O/c1-22-14(19-21-16(22)11-6-7-11)9-23-8-4-3-5-12(23)15-17-13(10-24-2)18-20-15/h11-12H,3-10H2,1-2H3,(H,17,18,20)/t12-/m1/s1. The highest BCUT2D eigenvalue weighted by Crippen LogP contribution is 2.39. The summed E-state index contributed by atoms with van der Waals surface area (Å²) in [6.07, 6.45) is 5.99. The van der Waals surface area contributed by atoms with Gasteiger partial charge in [-0.2, -0.15) is 5.10 Å². The first-order valence-electron chi connectivity index (χ1n) is 8.78. The van der Waals surface area contributed by atoms with E-state index in [9.17, 15) is 0 Å². The van der Waals surface area contributed by atoms with Gasteiger partial charge < -0.3 is 9.30 Å². The monoisotopic (exact) mass is 331 g/mol. The second-order valence-electron chi connectivity index (χ2n) is 6.86. The van der Waals surface area contributed by atoms with Crippen LogP contribution in [0.3, 0.4) is 0 Å². The molecule has 0 radical (unpaired) electrons. The summed E-state index contributed by atoms with van der Waals surface area (Å²) in [4.78, 5) is 7.04. The number of nitrogens with zero attached hydrogens (tertiary/aromatic N) is 6. The van der Waals surface area contributed by atoms with Crippen LogP contribution in [0.15, 0.2) is 0 Å². The predicted molar refractivity (Wildman–Crippen MR) is 87.1 cm³/mol. The smallest absolute Gasteiger partial charge is 0.167 e. The van der Waals surface area contributed by atoms with Gasteiger partial charge in [-0.3, -0.25) is 10.00 Å². The second kappa shape index (κ2) is 6.60. The Morgan fingerprint density at radius 2 is 2.08 bits per heavy atom. The van der Waals surface area contributed by atoms with Gasteiger partial charge in [-0.1, -0.05) is 6.42 Å². The lowest BCUT2D eigenvalue weighted by atomic mass is 10.0. The summed E-state index contributed by atoms with van der Waals surface area (Å²) in [5, 5.41) is 16.2. The third kappa shape index (κ3) is 3.08. The number of hydrogen-bond acceptors (Lipinski definition) is 6. The van der Waals surface area contributed by atoms with Crippen LogP contribution in [0.5, 0.6) is 0 Å². The summed E-state index contributed by atoms with van der Waals surface area (Å²) < 4.78 is 7.31. The van der Waals surface area contributed by atoms with E-state index in [0.29, 0.717) is 12.5 Å². The summed E-state index contributed by atoms with van der Waals surface area (Å²) in [6, 6.07) is 0.238. The number of rotatable bonds is 6. The van der Waals surface area contributed by atoms with Crippen molar-refractivity contribution in [3.63, 3.8) is 0 Å². The summed E-state index contributed by atoms with van der Waals surface area (Å²) in [6.45, 7) is 2.31.